The number of rotatable bonds is 5. The zero-order valence-electron chi connectivity index (χ0n) is 13.7. The van der Waals surface area contributed by atoms with Crippen LogP contribution >= 0.6 is 0 Å². The van der Waals surface area contributed by atoms with Crippen LogP contribution in [0.5, 0.6) is 0 Å². The lowest BCUT2D eigenvalue weighted by atomic mass is 9.94. The molecule has 0 saturated carbocycles. The van der Waals surface area contributed by atoms with E-state index in [-0.39, 0.29) is 29.7 Å². The number of hydrogen-bond donors (Lipinski definition) is 2. The van der Waals surface area contributed by atoms with E-state index in [1.807, 2.05) is 13.8 Å². The number of aromatic amines is 1. The van der Waals surface area contributed by atoms with Crippen molar-refractivity contribution in [2.45, 2.75) is 39.0 Å². The van der Waals surface area contributed by atoms with Gasteiger partial charge in [-0.3, -0.25) is 0 Å². The first kappa shape index (κ1) is 19.6. The second kappa shape index (κ2) is 6.86. The average molecular weight is 367 g/mol. The summed E-state index contributed by atoms with van der Waals surface area (Å²) in [6.07, 6.45) is -8.79. The lowest BCUT2D eigenvalue weighted by Gasteiger charge is -2.15. The maximum absolute atomic E-state index is 13.2. The number of nitrogens with one attached hydrogen (secondary N) is 1. The molecule has 3 N–H and O–H groups in total. The molecule has 0 aliphatic carbocycles. The van der Waals surface area contributed by atoms with Gasteiger partial charge in [0.2, 0.25) is 0 Å². The van der Waals surface area contributed by atoms with Crippen molar-refractivity contribution >= 4 is 11.0 Å². The van der Waals surface area contributed by atoms with E-state index >= 15 is 0 Å². The summed E-state index contributed by atoms with van der Waals surface area (Å²) in [6.45, 7) is 4.28. The van der Waals surface area contributed by atoms with E-state index in [4.69, 9.17) is 5.73 Å². The van der Waals surface area contributed by atoms with Gasteiger partial charge < -0.3 is 10.7 Å². The number of H-pyrrole nitrogens is 1. The van der Waals surface area contributed by atoms with Crippen molar-refractivity contribution in [3.8, 4) is 0 Å². The fourth-order valence-corrected chi connectivity index (χ4v) is 2.85. The van der Waals surface area contributed by atoms with Crippen LogP contribution in [0.2, 0.25) is 0 Å². The molecule has 25 heavy (non-hydrogen) atoms. The number of nitrogens with two attached hydrogens (primary N) is 1. The van der Waals surface area contributed by atoms with Crippen LogP contribution in [-0.2, 0) is 18.8 Å². The Kier molecular flexibility index (Phi) is 5.36. The summed E-state index contributed by atoms with van der Waals surface area (Å²) in [5.74, 6) is 0.522. The van der Waals surface area contributed by atoms with Gasteiger partial charge in [-0.05, 0) is 36.9 Å². The second-order valence-electron chi connectivity index (χ2n) is 6.53. The predicted molar refractivity (Wildman–Crippen MR) is 81.8 cm³/mol. The van der Waals surface area contributed by atoms with Crippen LogP contribution in [-0.4, -0.2) is 16.5 Å². The molecule has 9 heteroatoms. The molecule has 1 heterocycles. The van der Waals surface area contributed by atoms with Crippen LogP contribution in [0, 0.1) is 11.8 Å². The molecule has 0 aliphatic heterocycles. The molecule has 2 rings (SSSR count). The molecule has 0 aliphatic rings. The van der Waals surface area contributed by atoms with Crippen LogP contribution in [0.15, 0.2) is 12.1 Å². The van der Waals surface area contributed by atoms with Gasteiger partial charge in [-0.15, -0.1) is 0 Å². The SMILES string of the molecule is CC(C)CC(CN)Cc1nc2c(C(F)(F)F)cc(C(F)(F)F)cc2[nH]1. The zero-order chi connectivity index (χ0) is 19.0. The van der Waals surface area contributed by atoms with Gasteiger partial charge in [0.15, 0.2) is 0 Å². The molecule has 0 bridgehead atoms. The van der Waals surface area contributed by atoms with E-state index in [1.165, 1.54) is 0 Å². The number of hydrogen-bond acceptors (Lipinski definition) is 2. The van der Waals surface area contributed by atoms with Gasteiger partial charge in [0.05, 0.1) is 16.6 Å². The lowest BCUT2D eigenvalue weighted by Crippen LogP contribution is -2.19. The molecule has 1 aromatic carbocycles. The van der Waals surface area contributed by atoms with Crippen molar-refractivity contribution in [2.75, 3.05) is 6.54 Å². The van der Waals surface area contributed by atoms with Crippen LogP contribution in [0.1, 0.15) is 37.2 Å². The van der Waals surface area contributed by atoms with Gasteiger partial charge in [-0.2, -0.15) is 26.3 Å². The average Bonchev–Trinajstić information content (AvgIpc) is 2.84. The number of nitrogens with zero attached hydrogens (tertiary/aromatic N) is 1. The number of halogens is 6. The van der Waals surface area contributed by atoms with Crippen molar-refractivity contribution in [2.24, 2.45) is 17.6 Å². The largest absolute Gasteiger partial charge is 0.418 e. The molecule has 1 atom stereocenters. The van der Waals surface area contributed by atoms with Gasteiger partial charge in [0.1, 0.15) is 11.3 Å². The number of imidazole rings is 1. The minimum absolute atomic E-state index is 0.0167. The molecule has 0 spiro atoms. The maximum atomic E-state index is 13.2. The van der Waals surface area contributed by atoms with E-state index in [0.29, 0.717) is 18.5 Å². The van der Waals surface area contributed by atoms with Crippen LogP contribution in [0.4, 0.5) is 26.3 Å². The Bertz CT molecular complexity index is 730. The molecule has 0 radical (unpaired) electrons. The smallest absolute Gasteiger partial charge is 0.342 e. The molecule has 0 saturated heterocycles. The van der Waals surface area contributed by atoms with Gasteiger partial charge in [-0.25, -0.2) is 4.98 Å². The first-order valence-corrected chi connectivity index (χ1v) is 7.79. The van der Waals surface area contributed by atoms with Crippen LogP contribution < -0.4 is 5.73 Å². The van der Waals surface area contributed by atoms with Gasteiger partial charge in [0.25, 0.3) is 0 Å². The van der Waals surface area contributed by atoms with E-state index in [1.54, 1.807) is 0 Å². The molecule has 2 aromatic rings. The first-order chi connectivity index (χ1) is 11.4. The van der Waals surface area contributed by atoms with Gasteiger partial charge >= 0.3 is 12.4 Å². The molecule has 3 nitrogen and oxygen atoms in total. The fourth-order valence-electron chi connectivity index (χ4n) is 2.85. The zero-order valence-corrected chi connectivity index (χ0v) is 13.7. The third-order valence-corrected chi connectivity index (χ3v) is 3.89. The minimum atomic E-state index is -4.93. The van der Waals surface area contributed by atoms with Crippen molar-refractivity contribution in [1.82, 2.24) is 9.97 Å². The molecule has 0 amide bonds. The first-order valence-electron chi connectivity index (χ1n) is 7.79. The Labute approximate surface area is 140 Å². The molecule has 1 aromatic heterocycles. The van der Waals surface area contributed by atoms with Gasteiger partial charge in [-0.1, -0.05) is 13.8 Å². The highest BCUT2D eigenvalue weighted by atomic mass is 19.4. The molecule has 1 unspecified atom stereocenters. The highest BCUT2D eigenvalue weighted by molar-refractivity contribution is 5.80. The Morgan fingerprint density at radius 1 is 1.08 bits per heavy atom. The number of alkyl halides is 6. The summed E-state index contributed by atoms with van der Waals surface area (Å²) in [5, 5.41) is 0. The third-order valence-electron chi connectivity index (χ3n) is 3.89. The fraction of sp³-hybridized carbons (Fsp3) is 0.562. The highest BCUT2D eigenvalue weighted by Crippen LogP contribution is 2.39. The summed E-state index contributed by atoms with van der Waals surface area (Å²) in [4.78, 5) is 6.49. The predicted octanol–water partition coefficient (Wildman–Crippen LogP) is 4.76. The molecular formula is C16H19F6N3. The Morgan fingerprint density at radius 2 is 1.72 bits per heavy atom. The summed E-state index contributed by atoms with van der Waals surface area (Å²) in [5.41, 5.74) is 2.13. The third kappa shape index (κ3) is 4.65. The quantitative estimate of drug-likeness (QED) is 0.749. The number of benzene rings is 1. The maximum Gasteiger partial charge on any atom is 0.418 e. The molecule has 0 fully saturated rings. The van der Waals surface area contributed by atoms with Crippen molar-refractivity contribution in [3.63, 3.8) is 0 Å². The summed E-state index contributed by atoms with van der Waals surface area (Å²) in [7, 11) is 0. The van der Waals surface area contributed by atoms with E-state index in [0.717, 1.165) is 6.42 Å². The van der Waals surface area contributed by atoms with Crippen molar-refractivity contribution in [1.29, 1.82) is 0 Å². The standard InChI is InChI=1S/C16H19F6N3/c1-8(2)3-9(7-23)4-13-24-12-6-10(15(17,18)19)5-11(14(12)25-13)16(20,21)22/h5-6,8-9H,3-4,7,23H2,1-2H3,(H,24,25). The monoisotopic (exact) mass is 367 g/mol. The number of aromatic nitrogens is 2. The summed E-state index contributed by atoms with van der Waals surface area (Å²) < 4.78 is 78.1. The minimum Gasteiger partial charge on any atom is -0.342 e. The van der Waals surface area contributed by atoms with Crippen molar-refractivity contribution in [3.05, 3.63) is 29.1 Å². The topological polar surface area (TPSA) is 54.7 Å². The van der Waals surface area contributed by atoms with E-state index in [9.17, 15) is 26.3 Å². The Balaban J connectivity index is 2.50. The highest BCUT2D eigenvalue weighted by Gasteiger charge is 2.39. The van der Waals surface area contributed by atoms with Gasteiger partial charge in [0, 0.05) is 6.42 Å². The normalized spacial score (nSPS) is 14.5. The molecular weight excluding hydrogens is 348 g/mol. The van der Waals surface area contributed by atoms with E-state index in [2.05, 4.69) is 9.97 Å². The Hall–Kier alpha value is -1.77. The summed E-state index contributed by atoms with van der Waals surface area (Å²) in [6, 6.07) is 0.752. The van der Waals surface area contributed by atoms with E-state index < -0.39 is 29.0 Å². The van der Waals surface area contributed by atoms with Crippen molar-refractivity contribution < 1.29 is 26.3 Å². The molecule has 140 valence electrons. The summed E-state index contributed by atoms with van der Waals surface area (Å²) >= 11 is 0. The van der Waals surface area contributed by atoms with Crippen LogP contribution in [0.3, 0.4) is 0 Å². The number of fused-ring (bicyclic) bond motifs is 1. The second-order valence-corrected chi connectivity index (χ2v) is 6.53. The van der Waals surface area contributed by atoms with Crippen LogP contribution in [0.25, 0.3) is 11.0 Å². The lowest BCUT2D eigenvalue weighted by molar-refractivity contribution is -0.142. The Morgan fingerprint density at radius 3 is 2.20 bits per heavy atom.